The Balaban J connectivity index is 1.71. The number of carbonyl (C=O) groups is 2. The van der Waals surface area contributed by atoms with Crippen LogP contribution < -0.4 is 14.4 Å². The first-order valence-electron chi connectivity index (χ1n) is 9.41. The van der Waals surface area contributed by atoms with Gasteiger partial charge >= 0.3 is 5.91 Å². The van der Waals surface area contributed by atoms with Crippen molar-refractivity contribution in [3.05, 3.63) is 76.6 Å². The molecule has 7 nitrogen and oxygen atoms in total. The number of ether oxygens (including phenoxy) is 2. The van der Waals surface area contributed by atoms with Gasteiger partial charge in [-0.3, -0.25) is 14.5 Å². The topological polar surface area (TPSA) is 89.0 Å². The predicted octanol–water partition coefficient (Wildman–Crippen LogP) is 3.68. The molecule has 0 unspecified atom stereocenters. The van der Waals surface area contributed by atoms with Crippen LogP contribution >= 0.6 is 11.3 Å². The van der Waals surface area contributed by atoms with Crippen LogP contribution in [0, 0.1) is 5.82 Å². The molecule has 0 aliphatic carbocycles. The van der Waals surface area contributed by atoms with Gasteiger partial charge in [0, 0.05) is 22.7 Å². The number of aromatic nitrogens is 1. The molecule has 0 bridgehead atoms. The third kappa shape index (κ3) is 3.14. The second-order valence-electron chi connectivity index (χ2n) is 6.86. The molecule has 2 aromatic carbocycles. The van der Waals surface area contributed by atoms with Crippen molar-refractivity contribution in [1.29, 1.82) is 0 Å². The maximum atomic E-state index is 14.8. The van der Waals surface area contributed by atoms with E-state index in [4.69, 9.17) is 9.47 Å². The Bertz CT molecular complexity index is 1220. The number of ketones is 1. The minimum Gasteiger partial charge on any atom is -0.507 e. The lowest BCUT2D eigenvalue weighted by molar-refractivity contribution is -0.132. The maximum Gasteiger partial charge on any atom is 0.301 e. The van der Waals surface area contributed by atoms with E-state index in [0.717, 1.165) is 16.2 Å². The molecule has 156 valence electrons. The molecule has 0 saturated carbocycles. The number of rotatable bonds is 3. The zero-order valence-electron chi connectivity index (χ0n) is 15.9. The number of amides is 1. The number of carbonyl (C=O) groups excluding carboxylic acids is 2. The number of hydrogen-bond acceptors (Lipinski definition) is 7. The molecule has 31 heavy (non-hydrogen) atoms. The summed E-state index contributed by atoms with van der Waals surface area (Å²) in [4.78, 5) is 31.1. The number of benzene rings is 2. The van der Waals surface area contributed by atoms with Crippen molar-refractivity contribution in [2.24, 2.45) is 0 Å². The number of anilines is 1. The van der Waals surface area contributed by atoms with E-state index in [1.165, 1.54) is 30.5 Å². The molecule has 0 spiro atoms. The maximum absolute atomic E-state index is 14.8. The monoisotopic (exact) mass is 438 g/mol. The Kier molecular flexibility index (Phi) is 4.67. The Morgan fingerprint density at radius 2 is 1.90 bits per heavy atom. The van der Waals surface area contributed by atoms with E-state index in [2.05, 4.69) is 4.98 Å². The fourth-order valence-electron chi connectivity index (χ4n) is 3.70. The van der Waals surface area contributed by atoms with Crippen LogP contribution in [0.4, 0.5) is 9.52 Å². The first-order valence-corrected chi connectivity index (χ1v) is 10.3. The molecule has 3 heterocycles. The fraction of sp³-hybridized carbons (Fsp3) is 0.136. The number of nitrogens with zero attached hydrogens (tertiary/aromatic N) is 2. The minimum absolute atomic E-state index is 0.0796. The Labute approximate surface area is 180 Å². The number of aliphatic hydroxyl groups excluding tert-OH is 1. The van der Waals surface area contributed by atoms with E-state index in [-0.39, 0.29) is 21.8 Å². The summed E-state index contributed by atoms with van der Waals surface area (Å²) in [7, 11) is 0. The van der Waals surface area contributed by atoms with Gasteiger partial charge in [-0.15, -0.1) is 11.3 Å². The smallest absolute Gasteiger partial charge is 0.301 e. The first-order chi connectivity index (χ1) is 15.1. The highest BCUT2D eigenvalue weighted by molar-refractivity contribution is 7.14. The molecule has 2 aliphatic rings. The summed E-state index contributed by atoms with van der Waals surface area (Å²) < 4.78 is 25.8. The van der Waals surface area contributed by atoms with E-state index in [1.54, 1.807) is 23.6 Å². The zero-order chi connectivity index (χ0) is 21.5. The summed E-state index contributed by atoms with van der Waals surface area (Å²) in [6.07, 6.45) is 1.48. The van der Waals surface area contributed by atoms with Crippen molar-refractivity contribution in [2.75, 3.05) is 18.1 Å². The predicted molar refractivity (Wildman–Crippen MR) is 111 cm³/mol. The van der Waals surface area contributed by atoms with Crippen molar-refractivity contribution in [2.45, 2.75) is 6.04 Å². The first kappa shape index (κ1) is 19.3. The molecule has 9 heteroatoms. The van der Waals surface area contributed by atoms with Gasteiger partial charge in [-0.05, 0) is 24.3 Å². The Hall–Kier alpha value is -3.72. The highest BCUT2D eigenvalue weighted by Crippen LogP contribution is 2.44. The van der Waals surface area contributed by atoms with Gasteiger partial charge in [0.2, 0.25) is 0 Å². The van der Waals surface area contributed by atoms with Gasteiger partial charge in [0.05, 0.1) is 5.57 Å². The van der Waals surface area contributed by atoms with Gasteiger partial charge in [-0.1, -0.05) is 18.2 Å². The average Bonchev–Trinajstić information content (AvgIpc) is 3.40. The molecule has 3 aromatic rings. The molecule has 1 N–H and O–H groups in total. The number of hydrogen-bond donors (Lipinski definition) is 1. The molecular weight excluding hydrogens is 423 g/mol. The van der Waals surface area contributed by atoms with Gasteiger partial charge in [0.25, 0.3) is 5.78 Å². The summed E-state index contributed by atoms with van der Waals surface area (Å²) in [5.74, 6) is -1.92. The van der Waals surface area contributed by atoms with Gasteiger partial charge in [-0.25, -0.2) is 9.37 Å². The minimum atomic E-state index is -1.17. The molecule has 1 aromatic heterocycles. The van der Waals surface area contributed by atoms with Crippen molar-refractivity contribution in [3.63, 3.8) is 0 Å². The molecular formula is C22H15FN2O5S. The normalized spacial score (nSPS) is 19.6. The average molecular weight is 438 g/mol. The number of halogens is 1. The van der Waals surface area contributed by atoms with Gasteiger partial charge < -0.3 is 14.6 Å². The highest BCUT2D eigenvalue weighted by atomic mass is 32.1. The second kappa shape index (κ2) is 7.51. The zero-order valence-corrected chi connectivity index (χ0v) is 16.8. The largest absolute Gasteiger partial charge is 0.507 e. The van der Waals surface area contributed by atoms with Gasteiger partial charge in [-0.2, -0.15) is 0 Å². The standard InChI is InChI=1S/C22H15FN2O5S/c23-14-4-2-1-3-13(14)18-17(20(27)21(28)25(18)22-24-7-10-31-22)19(26)12-5-6-15-16(11-12)30-9-8-29-15/h1-7,10-11,18,26H,8-9H2/t18-/m0/s1. The van der Waals surface area contributed by atoms with Crippen LogP contribution in [0.3, 0.4) is 0 Å². The van der Waals surface area contributed by atoms with Gasteiger partial charge in [0.1, 0.15) is 30.8 Å². The number of aliphatic hydroxyl groups is 1. The van der Waals surface area contributed by atoms with Crippen LogP contribution in [0.2, 0.25) is 0 Å². The van der Waals surface area contributed by atoms with E-state index in [0.29, 0.717) is 24.7 Å². The van der Waals surface area contributed by atoms with Crippen molar-refractivity contribution < 1.29 is 28.6 Å². The van der Waals surface area contributed by atoms with Crippen LogP contribution in [-0.4, -0.2) is 35.0 Å². The third-order valence-electron chi connectivity index (χ3n) is 5.09. The summed E-state index contributed by atoms with van der Waals surface area (Å²) in [5.41, 5.74) is 0.112. The fourth-order valence-corrected chi connectivity index (χ4v) is 4.37. The molecule has 0 radical (unpaired) electrons. The quantitative estimate of drug-likeness (QED) is 0.381. The molecule has 1 amide bonds. The number of Topliss-reactive ketones (excluding diaryl/α,β-unsaturated/α-hetero) is 1. The van der Waals surface area contributed by atoms with Gasteiger partial charge in [0.15, 0.2) is 16.6 Å². The summed E-state index contributed by atoms with van der Waals surface area (Å²) in [6.45, 7) is 0.755. The third-order valence-corrected chi connectivity index (χ3v) is 5.86. The van der Waals surface area contributed by atoms with Crippen LogP contribution in [0.1, 0.15) is 17.2 Å². The molecule has 2 aliphatic heterocycles. The number of thiazole rings is 1. The Morgan fingerprint density at radius 3 is 2.65 bits per heavy atom. The molecule has 1 saturated heterocycles. The molecule has 1 atom stereocenters. The molecule has 1 fully saturated rings. The summed E-state index contributed by atoms with van der Waals surface area (Å²) in [5, 5.41) is 13.0. The van der Waals surface area contributed by atoms with Crippen LogP contribution in [0.25, 0.3) is 5.76 Å². The Morgan fingerprint density at radius 1 is 1.13 bits per heavy atom. The van der Waals surface area contributed by atoms with E-state index < -0.39 is 29.3 Å². The van der Waals surface area contributed by atoms with E-state index in [9.17, 15) is 19.1 Å². The summed E-state index contributed by atoms with van der Waals surface area (Å²) >= 11 is 1.14. The highest BCUT2D eigenvalue weighted by Gasteiger charge is 2.48. The van der Waals surface area contributed by atoms with Crippen molar-refractivity contribution >= 4 is 33.9 Å². The van der Waals surface area contributed by atoms with Crippen molar-refractivity contribution in [1.82, 2.24) is 4.98 Å². The lowest BCUT2D eigenvalue weighted by atomic mass is 9.95. The summed E-state index contributed by atoms with van der Waals surface area (Å²) in [6, 6.07) is 9.35. The van der Waals surface area contributed by atoms with Crippen LogP contribution in [0.5, 0.6) is 11.5 Å². The SMILES string of the molecule is O=C1C(=O)N(c2nccs2)[C@@H](c2ccccc2F)C1=C(O)c1ccc2c(c1)OCCO2. The van der Waals surface area contributed by atoms with E-state index >= 15 is 0 Å². The molecule has 5 rings (SSSR count). The van der Waals surface area contributed by atoms with Crippen LogP contribution in [-0.2, 0) is 9.59 Å². The van der Waals surface area contributed by atoms with E-state index in [1.807, 2.05) is 0 Å². The van der Waals surface area contributed by atoms with Crippen molar-refractivity contribution in [3.8, 4) is 11.5 Å². The second-order valence-corrected chi connectivity index (χ2v) is 7.74. The lowest BCUT2D eigenvalue weighted by Gasteiger charge is -2.23. The van der Waals surface area contributed by atoms with Crippen LogP contribution in [0.15, 0.2) is 59.6 Å². The number of fused-ring (bicyclic) bond motifs is 1. The lowest BCUT2D eigenvalue weighted by Crippen LogP contribution is -2.29.